The lowest BCUT2D eigenvalue weighted by Gasteiger charge is -2.18. The van der Waals surface area contributed by atoms with Crippen LogP contribution in [-0.2, 0) is 5.41 Å². The molecule has 0 bridgehead atoms. The summed E-state index contributed by atoms with van der Waals surface area (Å²) in [4.78, 5) is 0. The molecule has 0 atom stereocenters. The highest BCUT2D eigenvalue weighted by molar-refractivity contribution is 5.82. The molecule has 0 fully saturated rings. The molecular weight excluding hydrogens is 384 g/mol. The van der Waals surface area contributed by atoms with Crippen molar-refractivity contribution in [3.63, 3.8) is 0 Å². The van der Waals surface area contributed by atoms with E-state index in [1.807, 2.05) is 41.5 Å². The molecule has 32 heavy (non-hydrogen) atoms. The van der Waals surface area contributed by atoms with Gasteiger partial charge in [-0.1, -0.05) is 168 Å². The summed E-state index contributed by atoms with van der Waals surface area (Å²) in [5.74, 6) is 0. The molecule has 3 aromatic carbocycles. The van der Waals surface area contributed by atoms with Crippen LogP contribution in [0.4, 0.5) is 0 Å². The molecule has 0 aliphatic heterocycles. The normalized spacial score (nSPS) is 9.56. The Labute approximate surface area is 202 Å². The van der Waals surface area contributed by atoms with E-state index in [0.717, 1.165) is 0 Å². The van der Waals surface area contributed by atoms with Gasteiger partial charge in [0.1, 0.15) is 0 Å². The molecule has 0 aromatic heterocycles. The van der Waals surface area contributed by atoms with E-state index >= 15 is 0 Å². The van der Waals surface area contributed by atoms with Crippen LogP contribution in [0.5, 0.6) is 0 Å². The van der Waals surface area contributed by atoms with E-state index in [9.17, 15) is 0 Å². The fourth-order valence-electron chi connectivity index (χ4n) is 2.19. The molecule has 0 unspecified atom stereocenters. The summed E-state index contributed by atoms with van der Waals surface area (Å²) in [5, 5.41) is 2.62. The lowest BCUT2D eigenvalue weighted by Crippen LogP contribution is -2.10. The van der Waals surface area contributed by atoms with Gasteiger partial charge < -0.3 is 0 Å². The average molecular weight is 439 g/mol. The van der Waals surface area contributed by atoms with E-state index in [1.54, 1.807) is 0 Å². The highest BCUT2D eigenvalue weighted by atomic mass is 14.2. The smallest absolute Gasteiger partial charge is 0.0132 e. The number of benzene rings is 3. The van der Waals surface area contributed by atoms with Crippen molar-refractivity contribution < 1.29 is 0 Å². The largest absolute Gasteiger partial charge is 0.0683 e. The molecule has 0 heterocycles. The summed E-state index contributed by atoms with van der Waals surface area (Å²) < 4.78 is 0. The highest BCUT2D eigenvalue weighted by Gasteiger charge is 2.11. The molecule has 0 amide bonds. The molecule has 0 N–H and O–H groups in total. The van der Waals surface area contributed by atoms with Crippen molar-refractivity contribution in [2.24, 2.45) is 5.41 Å². The molecule has 0 heteroatoms. The zero-order valence-corrected chi connectivity index (χ0v) is 23.9. The molecule has 0 aliphatic carbocycles. The van der Waals surface area contributed by atoms with E-state index in [4.69, 9.17) is 0 Å². The van der Waals surface area contributed by atoms with E-state index in [-0.39, 0.29) is 5.41 Å². The van der Waals surface area contributed by atoms with Gasteiger partial charge in [-0.15, -0.1) is 0 Å². The van der Waals surface area contributed by atoms with E-state index in [1.165, 1.54) is 21.9 Å². The SMILES string of the molecule is CC.CC.CC.CC(C)(C)C.Cc1ccc(C(C)(C)C)cc1.c1ccc2ccccc2c1. The number of fused-ring (bicyclic) bond motifs is 1. The van der Waals surface area contributed by atoms with Crippen molar-refractivity contribution in [3.8, 4) is 0 Å². The minimum absolute atomic E-state index is 0.285. The van der Waals surface area contributed by atoms with Gasteiger partial charge in [-0.2, -0.15) is 0 Å². The summed E-state index contributed by atoms with van der Waals surface area (Å²) in [7, 11) is 0. The van der Waals surface area contributed by atoms with Gasteiger partial charge in [0.25, 0.3) is 0 Å². The molecule has 3 aromatic rings. The quantitative estimate of drug-likeness (QED) is 0.327. The van der Waals surface area contributed by atoms with E-state index < -0.39 is 0 Å². The van der Waals surface area contributed by atoms with Gasteiger partial charge in [0.05, 0.1) is 0 Å². The second-order valence-electron chi connectivity index (χ2n) is 9.46. The summed E-state index contributed by atoms with van der Waals surface area (Å²) in [6, 6.07) is 25.5. The first-order valence-corrected chi connectivity index (χ1v) is 12.5. The Morgan fingerprint density at radius 3 is 0.906 bits per heavy atom. The molecule has 182 valence electrons. The number of hydrogen-bond acceptors (Lipinski definition) is 0. The van der Waals surface area contributed by atoms with Gasteiger partial charge in [0.15, 0.2) is 0 Å². The van der Waals surface area contributed by atoms with Gasteiger partial charge in [-0.05, 0) is 34.1 Å². The van der Waals surface area contributed by atoms with Crippen LogP contribution in [0.25, 0.3) is 10.8 Å². The van der Waals surface area contributed by atoms with Crippen LogP contribution in [0.1, 0.15) is 101 Å². The Morgan fingerprint density at radius 2 is 0.688 bits per heavy atom. The summed E-state index contributed by atoms with van der Waals surface area (Å²) >= 11 is 0. The monoisotopic (exact) mass is 438 g/mol. The Balaban J connectivity index is -0.000000369. The van der Waals surface area contributed by atoms with Gasteiger partial charge in [0, 0.05) is 0 Å². The maximum Gasteiger partial charge on any atom is -0.0132 e. The van der Waals surface area contributed by atoms with Crippen molar-refractivity contribution in [1.82, 2.24) is 0 Å². The van der Waals surface area contributed by atoms with Crippen LogP contribution in [0.15, 0.2) is 72.8 Å². The van der Waals surface area contributed by atoms with Crippen LogP contribution >= 0.6 is 0 Å². The predicted molar refractivity (Wildman–Crippen MR) is 153 cm³/mol. The van der Waals surface area contributed by atoms with Crippen molar-refractivity contribution in [2.75, 3.05) is 0 Å². The lowest BCUT2D eigenvalue weighted by molar-refractivity contribution is 0.469. The molecule has 0 saturated carbocycles. The predicted octanol–water partition coefficient (Wildman–Crippen LogP) is 11.3. The topological polar surface area (TPSA) is 0 Å². The molecular formula is C32H54. The molecule has 3 rings (SSSR count). The fourth-order valence-corrected chi connectivity index (χ4v) is 2.19. The van der Waals surface area contributed by atoms with E-state index in [0.29, 0.717) is 5.41 Å². The Bertz CT molecular complexity index is 694. The van der Waals surface area contributed by atoms with Gasteiger partial charge >= 0.3 is 0 Å². The number of hydrogen-bond donors (Lipinski definition) is 0. The second kappa shape index (κ2) is 19.6. The summed E-state index contributed by atoms with van der Waals surface area (Å²) in [5.41, 5.74) is 3.52. The first kappa shape index (κ1) is 34.5. The maximum absolute atomic E-state index is 2.23. The maximum atomic E-state index is 2.23. The highest BCUT2D eigenvalue weighted by Crippen LogP contribution is 2.21. The second-order valence-corrected chi connectivity index (χ2v) is 9.46. The third-order valence-electron chi connectivity index (χ3n) is 3.58. The van der Waals surface area contributed by atoms with E-state index in [2.05, 4.69) is 128 Å². The first-order valence-electron chi connectivity index (χ1n) is 12.5. The molecule has 0 radical (unpaired) electrons. The van der Waals surface area contributed by atoms with Crippen molar-refractivity contribution in [2.45, 2.75) is 102 Å². The summed E-state index contributed by atoms with van der Waals surface area (Å²) in [6.07, 6.45) is 0. The minimum Gasteiger partial charge on any atom is -0.0683 e. The molecule has 0 aliphatic rings. The van der Waals surface area contributed by atoms with Crippen LogP contribution in [-0.4, -0.2) is 0 Å². The molecule has 0 spiro atoms. The third-order valence-corrected chi connectivity index (χ3v) is 3.58. The van der Waals surface area contributed by atoms with Gasteiger partial charge in [0.2, 0.25) is 0 Å². The van der Waals surface area contributed by atoms with Crippen LogP contribution in [0.3, 0.4) is 0 Å². The molecule has 0 saturated heterocycles. The Morgan fingerprint density at radius 1 is 0.438 bits per heavy atom. The third kappa shape index (κ3) is 19.9. The number of rotatable bonds is 0. The number of aryl methyl sites for hydroxylation is 1. The Hall–Kier alpha value is -2.08. The first-order chi connectivity index (χ1) is 15.0. The summed E-state index contributed by atoms with van der Waals surface area (Å²) in [6.45, 7) is 29.6. The van der Waals surface area contributed by atoms with Gasteiger partial charge in [-0.25, -0.2) is 0 Å². The van der Waals surface area contributed by atoms with Crippen molar-refractivity contribution in [1.29, 1.82) is 0 Å². The van der Waals surface area contributed by atoms with Crippen molar-refractivity contribution in [3.05, 3.63) is 83.9 Å². The zero-order chi connectivity index (χ0) is 25.8. The van der Waals surface area contributed by atoms with Crippen LogP contribution in [0, 0.1) is 12.3 Å². The zero-order valence-electron chi connectivity index (χ0n) is 23.9. The lowest BCUT2D eigenvalue weighted by atomic mass is 9.87. The fraction of sp³-hybridized carbons (Fsp3) is 0.500. The van der Waals surface area contributed by atoms with Crippen LogP contribution < -0.4 is 0 Å². The average Bonchev–Trinajstić information content (AvgIpc) is 2.77. The van der Waals surface area contributed by atoms with Crippen molar-refractivity contribution >= 4 is 10.8 Å². The van der Waals surface area contributed by atoms with Gasteiger partial charge in [-0.3, -0.25) is 0 Å². The minimum atomic E-state index is 0.285. The van der Waals surface area contributed by atoms with Crippen LogP contribution in [0.2, 0.25) is 0 Å². The standard InChI is InChI=1S/C11H16.C10H8.C5H12.3C2H6/c1-9-5-7-10(8-6-9)11(2,3)4;1-2-6-10-8-4-3-7-9(10)5-1;1-5(2,3)4;3*1-2/h5-8H,1-4H3;1-8H;1-4H3;3*1-2H3. The Kier molecular flexibility index (Phi) is 21.1. The molecule has 0 nitrogen and oxygen atoms in total.